The van der Waals surface area contributed by atoms with Crippen molar-refractivity contribution >= 4 is 28.1 Å². The summed E-state index contributed by atoms with van der Waals surface area (Å²) in [5.41, 5.74) is 3.69. The summed E-state index contributed by atoms with van der Waals surface area (Å²) < 4.78 is 14.6. The van der Waals surface area contributed by atoms with Crippen molar-refractivity contribution in [3.05, 3.63) is 100 Å². The molecule has 1 aliphatic heterocycles. The molecular formula is C29H30FN3OS. The third kappa shape index (κ3) is 5.29. The maximum absolute atomic E-state index is 14.6. The summed E-state index contributed by atoms with van der Waals surface area (Å²) in [6, 6.07) is 19.2. The first-order valence-corrected chi connectivity index (χ1v) is 13.1. The van der Waals surface area contributed by atoms with Crippen molar-refractivity contribution in [1.29, 1.82) is 0 Å². The minimum absolute atomic E-state index is 0.0110. The number of piperidine rings is 1. The van der Waals surface area contributed by atoms with E-state index in [1.807, 2.05) is 53.2 Å². The summed E-state index contributed by atoms with van der Waals surface area (Å²) in [6.07, 6.45) is 4.32. The van der Waals surface area contributed by atoms with Gasteiger partial charge in [-0.25, -0.2) is 4.39 Å². The Bertz CT molecular complexity index is 1280. The topological polar surface area (TPSA) is 36.4 Å². The van der Waals surface area contributed by atoms with E-state index in [9.17, 15) is 9.18 Å². The van der Waals surface area contributed by atoms with E-state index < -0.39 is 0 Å². The average Bonchev–Trinajstić information content (AvgIpc) is 3.43. The van der Waals surface area contributed by atoms with Crippen molar-refractivity contribution in [3.8, 4) is 0 Å². The Kier molecular flexibility index (Phi) is 7.21. The van der Waals surface area contributed by atoms with Gasteiger partial charge in [0.15, 0.2) is 0 Å². The van der Waals surface area contributed by atoms with Gasteiger partial charge >= 0.3 is 0 Å². The van der Waals surface area contributed by atoms with E-state index >= 15 is 0 Å². The van der Waals surface area contributed by atoms with Crippen LogP contribution in [0.25, 0.3) is 10.9 Å². The lowest BCUT2D eigenvalue weighted by Crippen LogP contribution is -2.47. The maximum atomic E-state index is 14.6. The molecule has 6 heteroatoms. The summed E-state index contributed by atoms with van der Waals surface area (Å²) in [6.45, 7) is 2.76. The van der Waals surface area contributed by atoms with Gasteiger partial charge in [-0.05, 0) is 73.0 Å². The van der Waals surface area contributed by atoms with Gasteiger partial charge in [0.2, 0.25) is 0 Å². The first-order chi connectivity index (χ1) is 17.1. The molecule has 1 aliphatic rings. The number of carbonyl (C=O) groups is 1. The number of carbonyl (C=O) groups excluding carboxylic acids is 1. The van der Waals surface area contributed by atoms with E-state index in [-0.39, 0.29) is 17.8 Å². The molecule has 35 heavy (non-hydrogen) atoms. The fourth-order valence-corrected chi connectivity index (χ4v) is 5.91. The number of hydrogen-bond acceptors (Lipinski definition) is 4. The molecule has 0 aliphatic carbocycles. The summed E-state index contributed by atoms with van der Waals surface area (Å²) in [5.74, 6) is 0.121. The second-order valence-electron chi connectivity index (χ2n) is 9.40. The van der Waals surface area contributed by atoms with Crippen LogP contribution in [0.4, 0.5) is 4.39 Å². The van der Waals surface area contributed by atoms with E-state index in [1.165, 1.54) is 28.4 Å². The highest BCUT2D eigenvalue weighted by Crippen LogP contribution is 2.29. The predicted molar refractivity (Wildman–Crippen MR) is 140 cm³/mol. The second kappa shape index (κ2) is 10.7. The average molecular weight is 488 g/mol. The van der Waals surface area contributed by atoms with Crippen LogP contribution in [0, 0.1) is 11.7 Å². The number of nitrogens with zero attached hydrogens (tertiary/aromatic N) is 3. The van der Waals surface area contributed by atoms with E-state index in [4.69, 9.17) is 0 Å². The summed E-state index contributed by atoms with van der Waals surface area (Å²) in [7, 11) is 1.87. The molecule has 0 radical (unpaired) electrons. The Balaban J connectivity index is 1.31. The van der Waals surface area contributed by atoms with E-state index in [2.05, 4.69) is 34.1 Å². The number of fused-ring (bicyclic) bond motifs is 1. The third-order valence-electron chi connectivity index (χ3n) is 7.26. The van der Waals surface area contributed by atoms with Crippen LogP contribution in [-0.2, 0) is 13.0 Å². The van der Waals surface area contributed by atoms with Crippen LogP contribution < -0.4 is 0 Å². The monoisotopic (exact) mass is 487 g/mol. The minimum atomic E-state index is -0.199. The Labute approximate surface area is 210 Å². The molecule has 2 aromatic carbocycles. The summed E-state index contributed by atoms with van der Waals surface area (Å²) >= 11 is 1.52. The van der Waals surface area contributed by atoms with Gasteiger partial charge in [0, 0.05) is 36.6 Å². The zero-order valence-electron chi connectivity index (χ0n) is 19.9. The second-order valence-corrected chi connectivity index (χ2v) is 10.2. The number of halogens is 1. The molecular weight excluding hydrogens is 457 g/mol. The standard InChI is InChI=1S/C29H30FN3OS/c1-32(29(34)25-13-17-35-20-25)27(18-23-6-2-3-10-26(23)30)21-11-15-33(16-12-21)19-24-8-4-7-22-9-5-14-31-28(22)24/h2-10,13-14,17,20-21,27H,11-12,15-16,18-19H2,1H3. The van der Waals surface area contributed by atoms with E-state index in [1.54, 1.807) is 6.07 Å². The van der Waals surface area contributed by atoms with E-state index in [0.29, 0.717) is 23.5 Å². The number of hydrogen-bond donors (Lipinski definition) is 0. The van der Waals surface area contributed by atoms with Crippen LogP contribution in [0.1, 0.15) is 34.3 Å². The highest BCUT2D eigenvalue weighted by molar-refractivity contribution is 7.08. The van der Waals surface area contributed by atoms with Crippen LogP contribution >= 0.6 is 11.3 Å². The predicted octanol–water partition coefficient (Wildman–Crippen LogP) is 6.03. The third-order valence-corrected chi connectivity index (χ3v) is 7.94. The summed E-state index contributed by atoms with van der Waals surface area (Å²) in [4.78, 5) is 22.1. The molecule has 4 nitrogen and oxygen atoms in total. The number of para-hydroxylation sites is 1. The van der Waals surface area contributed by atoms with Crippen LogP contribution in [0.2, 0.25) is 0 Å². The molecule has 1 fully saturated rings. The molecule has 0 N–H and O–H groups in total. The Morgan fingerprint density at radius 1 is 1.09 bits per heavy atom. The molecule has 0 spiro atoms. The van der Waals surface area contributed by atoms with Gasteiger partial charge in [-0.1, -0.05) is 42.5 Å². The van der Waals surface area contributed by atoms with Gasteiger partial charge in [-0.2, -0.15) is 11.3 Å². The Morgan fingerprint density at radius 3 is 2.63 bits per heavy atom. The van der Waals surface area contributed by atoms with Crippen molar-refractivity contribution in [2.75, 3.05) is 20.1 Å². The van der Waals surface area contributed by atoms with Crippen molar-refractivity contribution in [2.24, 2.45) is 5.92 Å². The molecule has 0 saturated carbocycles. The Morgan fingerprint density at radius 2 is 1.86 bits per heavy atom. The van der Waals surface area contributed by atoms with Crippen LogP contribution in [-0.4, -0.2) is 46.9 Å². The number of likely N-dealkylation sites (tertiary alicyclic amines) is 1. The number of likely N-dealkylation sites (N-methyl/N-ethyl adjacent to an activating group) is 1. The number of rotatable bonds is 7. The molecule has 3 heterocycles. The molecule has 1 saturated heterocycles. The van der Waals surface area contributed by atoms with Gasteiger partial charge in [0.05, 0.1) is 11.1 Å². The largest absolute Gasteiger partial charge is 0.338 e. The zero-order chi connectivity index (χ0) is 24.2. The normalized spacial score (nSPS) is 15.8. The van der Waals surface area contributed by atoms with Gasteiger partial charge in [-0.3, -0.25) is 14.7 Å². The highest BCUT2D eigenvalue weighted by Gasteiger charge is 2.32. The lowest BCUT2D eigenvalue weighted by atomic mass is 9.84. The maximum Gasteiger partial charge on any atom is 0.254 e. The van der Waals surface area contributed by atoms with Gasteiger partial charge in [0.25, 0.3) is 5.91 Å². The van der Waals surface area contributed by atoms with Gasteiger partial charge < -0.3 is 4.90 Å². The smallest absolute Gasteiger partial charge is 0.254 e. The molecule has 0 bridgehead atoms. The van der Waals surface area contributed by atoms with Crippen LogP contribution in [0.15, 0.2) is 77.6 Å². The fourth-order valence-electron chi connectivity index (χ4n) is 5.28. The number of aromatic nitrogens is 1. The van der Waals surface area contributed by atoms with Crippen molar-refractivity contribution < 1.29 is 9.18 Å². The van der Waals surface area contributed by atoms with Crippen molar-refractivity contribution in [3.63, 3.8) is 0 Å². The molecule has 2 aromatic heterocycles. The fraction of sp³-hybridized carbons (Fsp3) is 0.310. The van der Waals surface area contributed by atoms with Gasteiger partial charge in [-0.15, -0.1) is 0 Å². The molecule has 4 aromatic rings. The number of amides is 1. The quantitative estimate of drug-likeness (QED) is 0.319. The van der Waals surface area contributed by atoms with E-state index in [0.717, 1.165) is 38.0 Å². The summed E-state index contributed by atoms with van der Waals surface area (Å²) in [5, 5.41) is 4.98. The first kappa shape index (κ1) is 23.6. The number of thiophene rings is 1. The molecule has 1 amide bonds. The Hall–Kier alpha value is -3.09. The molecule has 1 unspecified atom stereocenters. The van der Waals surface area contributed by atoms with Crippen LogP contribution in [0.5, 0.6) is 0 Å². The molecule has 5 rings (SSSR count). The lowest BCUT2D eigenvalue weighted by Gasteiger charge is -2.40. The van der Waals surface area contributed by atoms with Gasteiger partial charge in [0.1, 0.15) is 5.82 Å². The minimum Gasteiger partial charge on any atom is -0.338 e. The zero-order valence-corrected chi connectivity index (χ0v) is 20.8. The van der Waals surface area contributed by atoms with Crippen molar-refractivity contribution in [1.82, 2.24) is 14.8 Å². The lowest BCUT2D eigenvalue weighted by molar-refractivity contribution is 0.0584. The molecule has 1 atom stereocenters. The SMILES string of the molecule is CN(C(=O)c1ccsc1)C(Cc1ccccc1F)C1CCN(Cc2cccc3cccnc23)CC1. The number of benzene rings is 2. The van der Waals surface area contributed by atoms with Crippen molar-refractivity contribution in [2.45, 2.75) is 31.8 Å². The van der Waals surface area contributed by atoms with Crippen LogP contribution in [0.3, 0.4) is 0 Å². The molecule has 180 valence electrons. The highest BCUT2D eigenvalue weighted by atomic mass is 32.1. The number of pyridine rings is 1. The first-order valence-electron chi connectivity index (χ1n) is 12.2.